The zero-order chi connectivity index (χ0) is 13.5. The Hall–Kier alpha value is -0.463. The van der Waals surface area contributed by atoms with Crippen molar-refractivity contribution in [1.82, 2.24) is 0 Å². The van der Waals surface area contributed by atoms with Crippen LogP contribution in [0.1, 0.15) is 58.3 Å². The van der Waals surface area contributed by atoms with E-state index in [0.717, 1.165) is 0 Å². The molecule has 0 aliphatic carbocycles. The third-order valence-corrected chi connectivity index (χ3v) is 2.26. The van der Waals surface area contributed by atoms with Crippen molar-refractivity contribution in [3.05, 3.63) is 0 Å². The first-order valence-corrected chi connectivity index (χ1v) is 6.48. The molecule has 0 atom stereocenters. The van der Waals surface area contributed by atoms with E-state index in [4.69, 9.17) is 10.2 Å². The predicted octanol–water partition coefficient (Wildman–Crippen LogP) is 2.87. The fourth-order valence-electron chi connectivity index (χ4n) is 1.34. The summed E-state index contributed by atoms with van der Waals surface area (Å²) >= 11 is 2.27. The first kappa shape index (κ1) is 18.9. The topological polar surface area (TPSA) is 74.6 Å². The molecule has 0 aliphatic heterocycles. The average molecular weight is 238 g/mol. The molecule has 0 saturated heterocycles. The Morgan fingerprint density at radius 2 is 1.29 bits per heavy atom. The molecule has 4 nitrogen and oxygen atoms in total. The van der Waals surface area contributed by atoms with Gasteiger partial charge in [-0.15, -0.1) is 0 Å². The van der Waals surface area contributed by atoms with Gasteiger partial charge in [0.2, 0.25) is 0 Å². The second-order valence-corrected chi connectivity index (χ2v) is 4.09. The Morgan fingerprint density at radius 3 is 1.59 bits per heavy atom. The maximum atomic E-state index is 9.43. The molecule has 17 heavy (non-hydrogen) atoms. The number of rotatable bonds is 9. The number of carbonyl (C=O) groups is 2. The Labute approximate surface area is 113 Å². The zero-order valence-corrected chi connectivity index (χ0v) is 11.1. The van der Waals surface area contributed by atoms with E-state index >= 15 is 0 Å². The second-order valence-electron chi connectivity index (χ2n) is 4.09. The van der Waals surface area contributed by atoms with Crippen LogP contribution in [0.4, 0.5) is 0 Å². The number of carboxylic acid groups (broad SMARTS) is 2. The van der Waals surface area contributed by atoms with Crippen molar-refractivity contribution in [2.45, 2.75) is 63.4 Å². The van der Waals surface area contributed by atoms with E-state index in [9.17, 15) is 9.59 Å². The van der Waals surface area contributed by atoms with Crippen molar-refractivity contribution in [3.8, 4) is 0 Å². The van der Waals surface area contributed by atoms with E-state index < -0.39 is 18.4 Å². The number of hydrogen-bond donors (Lipinski definition) is 2. The van der Waals surface area contributed by atoms with Crippen LogP contribution < -0.4 is 0 Å². The summed E-state index contributed by atoms with van der Waals surface area (Å²) in [7, 11) is 0. The third kappa shape index (κ3) is 25.6. The van der Waals surface area contributed by atoms with Crippen LogP contribution in [0.5, 0.6) is 0 Å². The van der Waals surface area contributed by atoms with Gasteiger partial charge in [-0.3, -0.25) is 9.59 Å². The van der Waals surface area contributed by atoms with Gasteiger partial charge < -0.3 is 10.2 Å². The van der Waals surface area contributed by atoms with E-state index in [0.29, 0.717) is 0 Å². The van der Waals surface area contributed by atoms with Gasteiger partial charge in [0.05, 0.1) is 0 Å². The molecule has 0 radical (unpaired) electrons. The number of unbranched alkanes of at least 4 members (excludes halogenated alkanes) is 6. The summed E-state index contributed by atoms with van der Waals surface area (Å²) in [5.74, 6) is -2.62. The summed E-state index contributed by atoms with van der Waals surface area (Å²) in [6.07, 6.45) is 9.29. The van der Waals surface area contributed by atoms with Gasteiger partial charge in [0.15, 0.2) is 0 Å². The molecule has 2 N–H and O–H groups in total. The van der Waals surface area contributed by atoms with Crippen molar-refractivity contribution >= 4 is 29.7 Å². The Bertz CT molecular complexity index is 175. The van der Waals surface area contributed by atoms with Crippen molar-refractivity contribution < 1.29 is 19.8 Å². The quantitative estimate of drug-likeness (QED) is 0.368. The predicted molar refractivity (Wildman–Crippen MR) is 68.4 cm³/mol. The van der Waals surface area contributed by atoms with Gasteiger partial charge in [0.25, 0.3) is 0 Å². The van der Waals surface area contributed by atoms with Crippen molar-refractivity contribution in [2.24, 2.45) is 0 Å². The van der Waals surface area contributed by atoms with Crippen LogP contribution in [0, 0.1) is 0 Å². The molecule has 0 saturated carbocycles. The molecule has 0 unspecified atom stereocenters. The van der Waals surface area contributed by atoms with Gasteiger partial charge in [-0.2, -0.15) is 0 Å². The first-order valence-electron chi connectivity index (χ1n) is 6.48. The standard InChI is InChI=1S/C9H19.C3H4O4.Li/c1-3-5-7-9-8-6-4-2;4-2(5)1-3(6)7;/h1,3-9H2,2H3;1H2,(H,4,5)(H,6,7);. The van der Waals surface area contributed by atoms with Crippen LogP contribution >= 0.6 is 0 Å². The average Bonchev–Trinajstić information content (AvgIpc) is 2.22. The first-order chi connectivity index (χ1) is 8.04. The second kappa shape index (κ2) is 15.5. The van der Waals surface area contributed by atoms with Gasteiger partial charge in [-0.05, 0) is 0 Å². The monoisotopic (exact) mass is 238 g/mol. The Balaban J connectivity index is 0. The molecule has 0 aromatic rings. The Kier molecular flexibility index (Phi) is 17.3. The molecular weight excluding hydrogens is 215 g/mol. The fraction of sp³-hybridized carbons (Fsp3) is 0.833. The van der Waals surface area contributed by atoms with E-state index in [1.165, 1.54) is 50.0 Å². The van der Waals surface area contributed by atoms with Crippen LogP contribution in [0.15, 0.2) is 0 Å². The molecule has 96 valence electrons. The van der Waals surface area contributed by atoms with E-state index in [1.54, 1.807) is 0 Å². The summed E-state index contributed by atoms with van der Waals surface area (Å²) in [5.41, 5.74) is 0. The van der Waals surface area contributed by atoms with Crippen LogP contribution in [0.2, 0.25) is 5.09 Å². The Morgan fingerprint density at radius 1 is 0.882 bits per heavy atom. The molecule has 5 heteroatoms. The minimum atomic E-state index is -1.31. The third-order valence-electron chi connectivity index (χ3n) is 2.26. The van der Waals surface area contributed by atoms with Crippen molar-refractivity contribution in [3.63, 3.8) is 0 Å². The molecule has 0 aromatic carbocycles. The van der Waals surface area contributed by atoms with Gasteiger partial charge >= 0.3 is 86.6 Å². The zero-order valence-electron chi connectivity index (χ0n) is 11.1. The minimum absolute atomic E-state index is 0.806. The summed E-state index contributed by atoms with van der Waals surface area (Å²) in [4.78, 5) is 18.9. The molecule has 0 rings (SSSR count). The van der Waals surface area contributed by atoms with Gasteiger partial charge in [-0.25, -0.2) is 0 Å². The van der Waals surface area contributed by atoms with Crippen molar-refractivity contribution in [1.29, 1.82) is 0 Å². The van der Waals surface area contributed by atoms with E-state index in [1.807, 2.05) is 0 Å². The number of hydrogen-bond acceptors (Lipinski definition) is 2. The molecular formula is C12H23LiO4. The van der Waals surface area contributed by atoms with Gasteiger partial charge in [-0.1, -0.05) is 0 Å². The summed E-state index contributed by atoms with van der Waals surface area (Å²) in [5, 5.41) is 16.8. The maximum absolute atomic E-state index is 9.43. The normalized spacial score (nSPS) is 9.35. The van der Waals surface area contributed by atoms with Crippen LogP contribution in [0.3, 0.4) is 0 Å². The molecule has 0 heterocycles. The van der Waals surface area contributed by atoms with Crippen LogP contribution in [-0.4, -0.2) is 39.9 Å². The van der Waals surface area contributed by atoms with Crippen molar-refractivity contribution in [2.75, 3.05) is 0 Å². The summed E-state index contributed by atoms with van der Waals surface area (Å²) in [6.45, 7) is 2.27. The summed E-state index contributed by atoms with van der Waals surface area (Å²) in [6, 6.07) is 0. The van der Waals surface area contributed by atoms with E-state index in [2.05, 4.69) is 24.6 Å². The SMILES string of the molecule is O=C(O)CC(=O)O.[Li][CH2]CCCCCCCC. The molecule has 0 bridgehead atoms. The van der Waals surface area contributed by atoms with Gasteiger partial charge in [0, 0.05) is 0 Å². The van der Waals surface area contributed by atoms with Gasteiger partial charge in [0.1, 0.15) is 6.42 Å². The molecule has 0 spiro atoms. The molecule has 0 amide bonds. The number of aliphatic carboxylic acids is 2. The fourth-order valence-corrected chi connectivity index (χ4v) is 1.34. The molecule has 0 aromatic heterocycles. The molecule has 0 fully saturated rings. The van der Waals surface area contributed by atoms with Crippen LogP contribution in [0.25, 0.3) is 0 Å². The molecule has 0 aliphatic rings. The van der Waals surface area contributed by atoms with E-state index in [-0.39, 0.29) is 0 Å². The number of carboxylic acids is 2. The van der Waals surface area contributed by atoms with Crippen LogP contribution in [-0.2, 0) is 9.59 Å². The summed E-state index contributed by atoms with van der Waals surface area (Å²) < 4.78 is 0.